The molecule has 0 atom stereocenters. The van der Waals surface area contributed by atoms with Crippen LogP contribution in [0.3, 0.4) is 0 Å². The van der Waals surface area contributed by atoms with Crippen LogP contribution in [0.25, 0.3) is 11.1 Å². The molecular weight excluding hydrogens is 268 g/mol. The molecule has 0 aliphatic rings. The maximum atomic E-state index is 12.1. The minimum atomic E-state index is -3.32. The Morgan fingerprint density at radius 1 is 0.889 bits per heavy atom. The van der Waals surface area contributed by atoms with Gasteiger partial charge in [0.15, 0.2) is 9.84 Å². The largest absolute Gasteiger partial charge is 0.224 e. The molecule has 0 aromatic heterocycles. The molecule has 18 heavy (non-hydrogen) atoms. The molecule has 0 spiro atoms. The van der Waals surface area contributed by atoms with Gasteiger partial charge in [0, 0.05) is 11.4 Å². The summed E-state index contributed by atoms with van der Waals surface area (Å²) in [5.74, 6) is 0.0594. The van der Waals surface area contributed by atoms with Gasteiger partial charge in [-0.05, 0) is 11.6 Å². The van der Waals surface area contributed by atoms with E-state index in [9.17, 15) is 8.42 Å². The molecule has 0 unspecified atom stereocenters. The Morgan fingerprint density at radius 3 is 2.17 bits per heavy atom. The first-order valence-electron chi connectivity index (χ1n) is 5.58. The molecule has 0 heterocycles. The molecule has 0 amide bonds. The molecule has 0 aliphatic carbocycles. The third-order valence-corrected chi connectivity index (χ3v) is 4.83. The second kappa shape index (κ2) is 5.55. The Balaban J connectivity index is 2.58. The summed E-state index contributed by atoms with van der Waals surface area (Å²) in [6.07, 6.45) is 0. The molecule has 2 aromatic rings. The van der Waals surface area contributed by atoms with E-state index in [1.165, 1.54) is 0 Å². The fourth-order valence-electron chi connectivity index (χ4n) is 1.81. The molecule has 94 valence electrons. The first-order valence-corrected chi connectivity index (χ1v) is 7.77. The summed E-state index contributed by atoms with van der Waals surface area (Å²) in [6, 6.07) is 16.5. The van der Waals surface area contributed by atoms with Gasteiger partial charge in [-0.2, -0.15) is 0 Å². The summed E-state index contributed by atoms with van der Waals surface area (Å²) in [4.78, 5) is 0.344. The van der Waals surface area contributed by atoms with E-state index in [0.29, 0.717) is 4.90 Å². The maximum Gasteiger partial charge on any atom is 0.180 e. The first kappa shape index (κ1) is 13.1. The molecule has 0 saturated heterocycles. The van der Waals surface area contributed by atoms with Gasteiger partial charge in [-0.3, -0.25) is 0 Å². The molecule has 2 aromatic carbocycles. The number of sulfone groups is 1. The molecule has 2 nitrogen and oxygen atoms in total. The van der Waals surface area contributed by atoms with Crippen LogP contribution in [-0.4, -0.2) is 20.1 Å². The van der Waals surface area contributed by atoms with Crippen LogP contribution >= 0.6 is 11.6 Å². The third kappa shape index (κ3) is 2.74. The van der Waals surface area contributed by atoms with Gasteiger partial charge in [0.25, 0.3) is 0 Å². The van der Waals surface area contributed by atoms with Crippen molar-refractivity contribution in [3.63, 3.8) is 0 Å². The van der Waals surface area contributed by atoms with Gasteiger partial charge in [0.2, 0.25) is 0 Å². The Hall–Kier alpha value is -1.32. The zero-order chi connectivity index (χ0) is 13.0. The number of hydrogen-bond acceptors (Lipinski definition) is 2. The van der Waals surface area contributed by atoms with Crippen molar-refractivity contribution in [2.45, 2.75) is 4.90 Å². The molecule has 4 heteroatoms. The molecule has 0 radical (unpaired) electrons. The quantitative estimate of drug-likeness (QED) is 0.805. The Morgan fingerprint density at radius 2 is 1.50 bits per heavy atom. The highest BCUT2D eigenvalue weighted by Gasteiger charge is 2.18. The van der Waals surface area contributed by atoms with E-state index in [4.69, 9.17) is 11.6 Å². The van der Waals surface area contributed by atoms with Crippen LogP contribution in [0.2, 0.25) is 0 Å². The van der Waals surface area contributed by atoms with Crippen LogP contribution < -0.4 is 0 Å². The lowest BCUT2D eigenvalue weighted by atomic mass is 10.1. The smallest absolute Gasteiger partial charge is 0.180 e. The Labute approximate surface area is 112 Å². The monoisotopic (exact) mass is 280 g/mol. The summed E-state index contributed by atoms with van der Waals surface area (Å²) in [5.41, 5.74) is 1.62. The SMILES string of the molecule is O=S(=O)(CCCl)c1ccccc1-c1ccccc1. The second-order valence-electron chi connectivity index (χ2n) is 3.87. The fourth-order valence-corrected chi connectivity index (χ4v) is 3.64. The predicted octanol–water partition coefficient (Wildman–Crippen LogP) is 3.37. The summed E-state index contributed by atoms with van der Waals surface area (Å²) in [6.45, 7) is 0. The predicted molar refractivity (Wildman–Crippen MR) is 74.7 cm³/mol. The number of rotatable bonds is 4. The van der Waals surface area contributed by atoms with Gasteiger partial charge >= 0.3 is 0 Å². The average Bonchev–Trinajstić information content (AvgIpc) is 2.40. The highest BCUT2D eigenvalue weighted by Crippen LogP contribution is 2.27. The van der Waals surface area contributed by atoms with Crippen molar-refractivity contribution in [1.29, 1.82) is 0 Å². The van der Waals surface area contributed by atoms with Crippen molar-refractivity contribution in [2.24, 2.45) is 0 Å². The van der Waals surface area contributed by atoms with E-state index in [0.717, 1.165) is 11.1 Å². The Bertz CT molecular complexity index is 621. The molecule has 0 fully saturated rings. The van der Waals surface area contributed by atoms with Crippen LogP contribution in [0, 0.1) is 0 Å². The summed E-state index contributed by atoms with van der Waals surface area (Å²) in [5, 5.41) is 0. The van der Waals surface area contributed by atoms with Crippen LogP contribution in [0.1, 0.15) is 0 Å². The zero-order valence-electron chi connectivity index (χ0n) is 9.71. The minimum Gasteiger partial charge on any atom is -0.224 e. The lowest BCUT2D eigenvalue weighted by molar-refractivity contribution is 0.598. The average molecular weight is 281 g/mol. The van der Waals surface area contributed by atoms with Gasteiger partial charge in [0.05, 0.1) is 10.6 Å². The number of alkyl halides is 1. The fraction of sp³-hybridized carbons (Fsp3) is 0.143. The second-order valence-corrected chi connectivity index (χ2v) is 6.33. The highest BCUT2D eigenvalue weighted by molar-refractivity contribution is 7.91. The first-order chi connectivity index (χ1) is 8.65. The minimum absolute atomic E-state index is 0.0433. The molecule has 0 saturated carbocycles. The molecule has 2 rings (SSSR count). The van der Waals surface area contributed by atoms with Gasteiger partial charge in [0.1, 0.15) is 0 Å². The van der Waals surface area contributed by atoms with Gasteiger partial charge in [-0.25, -0.2) is 8.42 Å². The van der Waals surface area contributed by atoms with E-state index >= 15 is 0 Å². The zero-order valence-corrected chi connectivity index (χ0v) is 11.3. The molecule has 0 N–H and O–H groups in total. The highest BCUT2D eigenvalue weighted by atomic mass is 35.5. The third-order valence-electron chi connectivity index (χ3n) is 2.65. The van der Waals surface area contributed by atoms with Gasteiger partial charge in [-0.1, -0.05) is 48.5 Å². The van der Waals surface area contributed by atoms with Crippen molar-refractivity contribution in [3.8, 4) is 11.1 Å². The van der Waals surface area contributed by atoms with E-state index in [1.54, 1.807) is 12.1 Å². The van der Waals surface area contributed by atoms with Crippen LogP contribution in [-0.2, 0) is 9.84 Å². The number of benzene rings is 2. The maximum absolute atomic E-state index is 12.1. The van der Waals surface area contributed by atoms with Gasteiger partial charge in [-0.15, -0.1) is 11.6 Å². The van der Waals surface area contributed by atoms with Crippen LogP contribution in [0.5, 0.6) is 0 Å². The van der Waals surface area contributed by atoms with E-state index < -0.39 is 9.84 Å². The number of halogens is 1. The summed E-state index contributed by atoms with van der Waals surface area (Å²) < 4.78 is 24.3. The molecule has 0 bridgehead atoms. The Kier molecular flexibility index (Phi) is 4.04. The van der Waals surface area contributed by atoms with Crippen molar-refractivity contribution in [3.05, 3.63) is 54.6 Å². The normalized spacial score (nSPS) is 11.4. The van der Waals surface area contributed by atoms with Crippen LogP contribution in [0.4, 0.5) is 0 Å². The lowest BCUT2D eigenvalue weighted by Crippen LogP contribution is -2.09. The van der Waals surface area contributed by atoms with Crippen molar-refractivity contribution in [2.75, 3.05) is 11.6 Å². The van der Waals surface area contributed by atoms with Crippen molar-refractivity contribution < 1.29 is 8.42 Å². The van der Waals surface area contributed by atoms with Gasteiger partial charge < -0.3 is 0 Å². The summed E-state index contributed by atoms with van der Waals surface area (Å²) in [7, 11) is -3.32. The standard InChI is InChI=1S/C14H13ClO2S/c15-10-11-18(16,17)14-9-5-4-8-13(14)12-6-2-1-3-7-12/h1-9H,10-11H2. The lowest BCUT2D eigenvalue weighted by Gasteiger charge is -2.09. The number of hydrogen-bond donors (Lipinski definition) is 0. The summed E-state index contributed by atoms with van der Waals surface area (Å²) >= 11 is 5.56. The molecular formula is C14H13ClO2S. The van der Waals surface area contributed by atoms with E-state index in [2.05, 4.69) is 0 Å². The van der Waals surface area contributed by atoms with Crippen LogP contribution in [0.15, 0.2) is 59.5 Å². The van der Waals surface area contributed by atoms with E-state index in [-0.39, 0.29) is 11.6 Å². The van der Waals surface area contributed by atoms with Crippen molar-refractivity contribution in [1.82, 2.24) is 0 Å². The topological polar surface area (TPSA) is 34.1 Å². The molecule has 0 aliphatic heterocycles. The van der Waals surface area contributed by atoms with E-state index in [1.807, 2.05) is 42.5 Å². The van der Waals surface area contributed by atoms with Crippen molar-refractivity contribution >= 4 is 21.4 Å².